The van der Waals surface area contributed by atoms with E-state index < -0.39 is 0 Å². The maximum absolute atomic E-state index is 12.2. The summed E-state index contributed by atoms with van der Waals surface area (Å²) in [5.41, 5.74) is 2.04. The van der Waals surface area contributed by atoms with Gasteiger partial charge in [-0.3, -0.25) is 9.69 Å². The Labute approximate surface area is 113 Å². The van der Waals surface area contributed by atoms with E-state index in [1.54, 1.807) is 0 Å². The van der Waals surface area contributed by atoms with Crippen molar-refractivity contribution < 1.29 is 0 Å². The number of rotatable bonds is 1. The van der Waals surface area contributed by atoms with E-state index in [1.807, 2.05) is 0 Å². The zero-order valence-corrected chi connectivity index (χ0v) is 11.8. The highest BCUT2D eigenvalue weighted by molar-refractivity contribution is 5.21. The molecule has 104 valence electrons. The third-order valence-electron chi connectivity index (χ3n) is 4.38. The molecule has 1 atom stereocenters. The predicted octanol–water partition coefficient (Wildman–Crippen LogP) is 0.567. The van der Waals surface area contributed by atoms with Crippen molar-refractivity contribution in [2.24, 2.45) is 0 Å². The molecule has 1 aliphatic heterocycles. The lowest BCUT2D eigenvalue weighted by atomic mass is 9.97. The second-order valence-electron chi connectivity index (χ2n) is 5.84. The van der Waals surface area contributed by atoms with Crippen molar-refractivity contribution >= 4 is 0 Å². The Bertz CT molecular complexity index is 525. The molecule has 2 heterocycles. The first-order valence-corrected chi connectivity index (χ1v) is 7.16. The Hall–Kier alpha value is -1.20. The fraction of sp³-hybridized carbons (Fsp3) is 0.714. The first-order chi connectivity index (χ1) is 9.15. The molecule has 3 rings (SSSR count). The van der Waals surface area contributed by atoms with Crippen LogP contribution in [0.15, 0.2) is 4.79 Å². The van der Waals surface area contributed by atoms with Gasteiger partial charge in [-0.05, 0) is 39.8 Å². The molecule has 1 aromatic heterocycles. The van der Waals surface area contributed by atoms with E-state index in [-0.39, 0.29) is 11.6 Å². The largest absolute Gasteiger partial charge is 0.309 e. The van der Waals surface area contributed by atoms with Gasteiger partial charge in [0.15, 0.2) is 0 Å². The topological polar surface area (TPSA) is 52.2 Å². The van der Waals surface area contributed by atoms with Crippen LogP contribution in [0.1, 0.15) is 36.0 Å². The third-order valence-corrected chi connectivity index (χ3v) is 4.38. The van der Waals surface area contributed by atoms with Gasteiger partial charge < -0.3 is 9.88 Å². The highest BCUT2D eigenvalue weighted by atomic mass is 16.1. The van der Waals surface area contributed by atoms with E-state index in [2.05, 4.69) is 28.9 Å². The van der Waals surface area contributed by atoms with Crippen LogP contribution in [-0.4, -0.2) is 53.5 Å². The van der Waals surface area contributed by atoms with Crippen molar-refractivity contribution in [3.63, 3.8) is 0 Å². The van der Waals surface area contributed by atoms with Crippen LogP contribution >= 0.6 is 0 Å². The number of hydrogen-bond acceptors (Lipinski definition) is 4. The molecule has 0 saturated carbocycles. The van der Waals surface area contributed by atoms with Crippen molar-refractivity contribution in [3.8, 4) is 0 Å². The molecule has 0 spiro atoms. The fourth-order valence-corrected chi connectivity index (χ4v) is 3.09. The monoisotopic (exact) mass is 262 g/mol. The van der Waals surface area contributed by atoms with Gasteiger partial charge in [0.1, 0.15) is 5.82 Å². The Kier molecular flexibility index (Phi) is 3.41. The van der Waals surface area contributed by atoms with Crippen LogP contribution in [0.3, 0.4) is 0 Å². The molecular weight excluding hydrogens is 240 g/mol. The molecule has 2 aliphatic rings. The number of H-pyrrole nitrogens is 1. The Morgan fingerprint density at radius 2 is 2.00 bits per heavy atom. The van der Waals surface area contributed by atoms with Crippen molar-refractivity contribution in [1.82, 2.24) is 19.8 Å². The summed E-state index contributed by atoms with van der Waals surface area (Å²) in [4.78, 5) is 24.5. The molecule has 0 radical (unpaired) electrons. The van der Waals surface area contributed by atoms with E-state index in [0.717, 1.165) is 62.4 Å². The van der Waals surface area contributed by atoms with Gasteiger partial charge in [-0.2, -0.15) is 0 Å². The molecule has 1 aliphatic carbocycles. The van der Waals surface area contributed by atoms with Gasteiger partial charge >= 0.3 is 0 Å². The molecule has 1 fully saturated rings. The second kappa shape index (κ2) is 5.06. The SMILES string of the molecule is CN1CCN(C)C(c2nc3c(c(=O)[nH]2)CCCC3)C1. The third kappa shape index (κ3) is 2.44. The molecule has 0 bridgehead atoms. The summed E-state index contributed by atoms with van der Waals surface area (Å²) in [5, 5.41) is 0. The summed E-state index contributed by atoms with van der Waals surface area (Å²) in [6.07, 6.45) is 4.11. The lowest BCUT2D eigenvalue weighted by Gasteiger charge is -2.37. The average Bonchev–Trinajstić information content (AvgIpc) is 2.41. The van der Waals surface area contributed by atoms with Crippen LogP contribution < -0.4 is 5.56 Å². The predicted molar refractivity (Wildman–Crippen MR) is 74.4 cm³/mol. The van der Waals surface area contributed by atoms with E-state index in [4.69, 9.17) is 4.98 Å². The zero-order chi connectivity index (χ0) is 13.4. The van der Waals surface area contributed by atoms with Crippen LogP contribution in [-0.2, 0) is 12.8 Å². The molecule has 5 heteroatoms. The Morgan fingerprint density at radius 1 is 1.21 bits per heavy atom. The van der Waals surface area contributed by atoms with Crippen LogP contribution in [0.5, 0.6) is 0 Å². The van der Waals surface area contributed by atoms with Crippen molar-refractivity contribution in [2.75, 3.05) is 33.7 Å². The normalized spacial score (nSPS) is 25.3. The molecule has 1 saturated heterocycles. The van der Waals surface area contributed by atoms with Gasteiger partial charge in [0, 0.05) is 25.2 Å². The fourth-order valence-electron chi connectivity index (χ4n) is 3.09. The van der Waals surface area contributed by atoms with Gasteiger partial charge in [-0.1, -0.05) is 0 Å². The summed E-state index contributed by atoms with van der Waals surface area (Å²) in [5.74, 6) is 0.847. The van der Waals surface area contributed by atoms with Crippen molar-refractivity contribution in [1.29, 1.82) is 0 Å². The van der Waals surface area contributed by atoms with Crippen molar-refractivity contribution in [3.05, 3.63) is 27.4 Å². The average molecular weight is 262 g/mol. The van der Waals surface area contributed by atoms with E-state index >= 15 is 0 Å². The number of aryl methyl sites for hydroxylation is 1. The smallest absolute Gasteiger partial charge is 0.254 e. The van der Waals surface area contributed by atoms with Crippen LogP contribution in [0.4, 0.5) is 0 Å². The number of likely N-dealkylation sites (N-methyl/N-ethyl adjacent to an activating group) is 2. The maximum atomic E-state index is 12.2. The number of piperazine rings is 1. The summed E-state index contributed by atoms with van der Waals surface area (Å²) in [6, 6.07) is 0.207. The summed E-state index contributed by atoms with van der Waals surface area (Å²) < 4.78 is 0. The summed E-state index contributed by atoms with van der Waals surface area (Å²) >= 11 is 0. The number of fused-ring (bicyclic) bond motifs is 1. The Balaban J connectivity index is 1.96. The standard InChI is InChI=1S/C14H22N4O/c1-17-7-8-18(2)12(9-17)13-15-11-6-4-3-5-10(11)14(19)16-13/h12H,3-9H2,1-2H3,(H,15,16,19). The van der Waals surface area contributed by atoms with Gasteiger partial charge in [0.25, 0.3) is 5.56 Å². The highest BCUT2D eigenvalue weighted by Gasteiger charge is 2.27. The van der Waals surface area contributed by atoms with Crippen LogP contribution in [0.25, 0.3) is 0 Å². The second-order valence-corrected chi connectivity index (χ2v) is 5.84. The van der Waals surface area contributed by atoms with E-state index in [0.29, 0.717) is 0 Å². The summed E-state index contributed by atoms with van der Waals surface area (Å²) in [6.45, 7) is 3.02. The van der Waals surface area contributed by atoms with E-state index in [9.17, 15) is 4.79 Å². The quantitative estimate of drug-likeness (QED) is 0.804. The van der Waals surface area contributed by atoms with Gasteiger partial charge in [0.05, 0.1) is 11.7 Å². The molecule has 19 heavy (non-hydrogen) atoms. The van der Waals surface area contributed by atoms with Gasteiger partial charge in [0.2, 0.25) is 0 Å². The minimum atomic E-state index is 0.0846. The number of aromatic nitrogens is 2. The van der Waals surface area contributed by atoms with E-state index in [1.165, 1.54) is 0 Å². The molecule has 1 aromatic rings. The highest BCUT2D eigenvalue weighted by Crippen LogP contribution is 2.22. The number of hydrogen-bond donors (Lipinski definition) is 1. The van der Waals surface area contributed by atoms with Crippen LogP contribution in [0, 0.1) is 0 Å². The summed E-state index contributed by atoms with van der Waals surface area (Å²) in [7, 11) is 4.23. The zero-order valence-electron chi connectivity index (χ0n) is 11.8. The Morgan fingerprint density at radius 3 is 2.84 bits per heavy atom. The minimum absolute atomic E-state index is 0.0846. The number of nitrogens with one attached hydrogen (secondary N) is 1. The molecule has 1 N–H and O–H groups in total. The lowest BCUT2D eigenvalue weighted by Crippen LogP contribution is -2.46. The molecule has 1 unspecified atom stereocenters. The minimum Gasteiger partial charge on any atom is -0.309 e. The lowest BCUT2D eigenvalue weighted by molar-refractivity contribution is 0.109. The first kappa shape index (κ1) is 12.8. The molecule has 5 nitrogen and oxygen atoms in total. The van der Waals surface area contributed by atoms with Crippen molar-refractivity contribution in [2.45, 2.75) is 31.7 Å². The first-order valence-electron chi connectivity index (χ1n) is 7.16. The molecule has 0 amide bonds. The van der Waals surface area contributed by atoms with Gasteiger partial charge in [-0.25, -0.2) is 4.98 Å². The number of aromatic amines is 1. The van der Waals surface area contributed by atoms with Crippen LogP contribution in [0.2, 0.25) is 0 Å². The molecular formula is C14H22N4O. The maximum Gasteiger partial charge on any atom is 0.254 e. The number of nitrogens with zero attached hydrogens (tertiary/aromatic N) is 3. The van der Waals surface area contributed by atoms with Gasteiger partial charge in [-0.15, -0.1) is 0 Å². The molecule has 0 aromatic carbocycles.